The number of ether oxygens (including phenoxy) is 1. The van der Waals surface area contributed by atoms with E-state index in [1.807, 2.05) is 38.1 Å². The summed E-state index contributed by atoms with van der Waals surface area (Å²) >= 11 is 0. The lowest BCUT2D eigenvalue weighted by Gasteiger charge is -2.09. The van der Waals surface area contributed by atoms with Crippen molar-refractivity contribution in [3.05, 3.63) is 71.7 Å². The van der Waals surface area contributed by atoms with E-state index in [-0.39, 0.29) is 30.1 Å². The molecule has 1 amide bonds. The van der Waals surface area contributed by atoms with Crippen LogP contribution < -0.4 is 10.1 Å². The van der Waals surface area contributed by atoms with Gasteiger partial charge in [-0.15, -0.1) is 0 Å². The SMILES string of the molecule is CC(C)Oc1ccc(-c2cc(C(=O)NCc3ccc(F)cc3)no2)cc1. The van der Waals surface area contributed by atoms with Crippen LogP contribution in [0.1, 0.15) is 29.9 Å². The molecule has 0 bridgehead atoms. The Morgan fingerprint density at radius 2 is 1.85 bits per heavy atom. The molecule has 6 heteroatoms. The molecule has 3 rings (SSSR count). The number of rotatable bonds is 6. The van der Waals surface area contributed by atoms with Crippen LogP contribution in [-0.4, -0.2) is 17.2 Å². The summed E-state index contributed by atoms with van der Waals surface area (Å²) in [6, 6.07) is 14.9. The minimum atomic E-state index is -0.357. The van der Waals surface area contributed by atoms with Gasteiger partial charge in [0.25, 0.3) is 5.91 Å². The van der Waals surface area contributed by atoms with Crippen molar-refractivity contribution in [3.63, 3.8) is 0 Å². The van der Waals surface area contributed by atoms with E-state index in [4.69, 9.17) is 9.26 Å². The van der Waals surface area contributed by atoms with Gasteiger partial charge in [0.15, 0.2) is 11.5 Å². The van der Waals surface area contributed by atoms with E-state index < -0.39 is 0 Å². The summed E-state index contributed by atoms with van der Waals surface area (Å²) in [5.74, 6) is 0.587. The molecular weight excluding hydrogens is 335 g/mol. The van der Waals surface area contributed by atoms with E-state index in [1.54, 1.807) is 18.2 Å². The molecule has 0 radical (unpaired) electrons. The lowest BCUT2D eigenvalue weighted by Crippen LogP contribution is -2.23. The maximum absolute atomic E-state index is 12.9. The highest BCUT2D eigenvalue weighted by molar-refractivity contribution is 5.93. The van der Waals surface area contributed by atoms with Gasteiger partial charge in [-0.1, -0.05) is 17.3 Å². The van der Waals surface area contributed by atoms with Gasteiger partial charge in [-0.3, -0.25) is 4.79 Å². The molecule has 3 aromatic rings. The molecule has 0 atom stereocenters. The van der Waals surface area contributed by atoms with Crippen LogP contribution in [0.3, 0.4) is 0 Å². The highest BCUT2D eigenvalue weighted by Crippen LogP contribution is 2.23. The lowest BCUT2D eigenvalue weighted by atomic mass is 10.1. The monoisotopic (exact) mass is 354 g/mol. The zero-order valence-corrected chi connectivity index (χ0v) is 14.5. The van der Waals surface area contributed by atoms with Crippen molar-refractivity contribution in [2.45, 2.75) is 26.5 Å². The van der Waals surface area contributed by atoms with Crippen LogP contribution >= 0.6 is 0 Å². The zero-order chi connectivity index (χ0) is 18.5. The Bertz CT molecular complexity index is 871. The van der Waals surface area contributed by atoms with Gasteiger partial charge < -0.3 is 14.6 Å². The smallest absolute Gasteiger partial charge is 0.273 e. The number of benzene rings is 2. The number of halogens is 1. The predicted octanol–water partition coefficient (Wildman–Crippen LogP) is 4.20. The van der Waals surface area contributed by atoms with Gasteiger partial charge >= 0.3 is 0 Å². The summed E-state index contributed by atoms with van der Waals surface area (Å²) < 4.78 is 23.7. The van der Waals surface area contributed by atoms with Gasteiger partial charge in [-0.25, -0.2) is 4.39 Å². The van der Waals surface area contributed by atoms with Crippen molar-refractivity contribution in [2.24, 2.45) is 0 Å². The topological polar surface area (TPSA) is 64.4 Å². The van der Waals surface area contributed by atoms with E-state index in [0.29, 0.717) is 5.76 Å². The van der Waals surface area contributed by atoms with Crippen LogP contribution in [0.25, 0.3) is 11.3 Å². The lowest BCUT2D eigenvalue weighted by molar-refractivity contribution is 0.0942. The van der Waals surface area contributed by atoms with Gasteiger partial charge in [0.2, 0.25) is 0 Å². The van der Waals surface area contributed by atoms with Crippen molar-refractivity contribution in [1.29, 1.82) is 0 Å². The first kappa shape index (κ1) is 17.7. The average Bonchev–Trinajstić information content (AvgIpc) is 3.11. The Hall–Kier alpha value is -3.15. The fraction of sp³-hybridized carbons (Fsp3) is 0.200. The second kappa shape index (κ2) is 7.82. The number of hydrogen-bond donors (Lipinski definition) is 1. The standard InChI is InChI=1S/C20H19FN2O3/c1-13(2)25-17-9-5-15(6-10-17)19-11-18(23-26-19)20(24)22-12-14-3-7-16(21)8-4-14/h3-11,13H,12H2,1-2H3,(H,22,24). The summed E-state index contributed by atoms with van der Waals surface area (Å²) in [6.07, 6.45) is 0.0996. The second-order valence-electron chi connectivity index (χ2n) is 6.08. The maximum Gasteiger partial charge on any atom is 0.273 e. The Balaban J connectivity index is 1.63. The molecule has 0 aliphatic rings. The molecule has 1 N–H and O–H groups in total. The first-order valence-corrected chi connectivity index (χ1v) is 8.28. The van der Waals surface area contributed by atoms with E-state index in [1.165, 1.54) is 12.1 Å². The minimum Gasteiger partial charge on any atom is -0.491 e. The van der Waals surface area contributed by atoms with Crippen LogP contribution in [-0.2, 0) is 6.54 Å². The number of hydrogen-bond acceptors (Lipinski definition) is 4. The Morgan fingerprint density at radius 3 is 2.50 bits per heavy atom. The Kier molecular flexibility index (Phi) is 5.31. The molecule has 5 nitrogen and oxygen atoms in total. The molecule has 1 heterocycles. The molecular formula is C20H19FN2O3. The molecule has 0 saturated heterocycles. The average molecular weight is 354 g/mol. The zero-order valence-electron chi connectivity index (χ0n) is 14.5. The van der Waals surface area contributed by atoms with Crippen LogP contribution in [0.2, 0.25) is 0 Å². The molecule has 1 aromatic heterocycles. The molecule has 0 spiro atoms. The van der Waals surface area contributed by atoms with Crippen molar-refractivity contribution in [2.75, 3.05) is 0 Å². The van der Waals surface area contributed by atoms with Crippen molar-refractivity contribution >= 4 is 5.91 Å². The van der Waals surface area contributed by atoms with E-state index in [2.05, 4.69) is 10.5 Å². The molecule has 0 aliphatic heterocycles. The summed E-state index contributed by atoms with van der Waals surface area (Å²) in [4.78, 5) is 12.2. The maximum atomic E-state index is 12.9. The fourth-order valence-corrected chi connectivity index (χ4v) is 2.36. The van der Waals surface area contributed by atoms with Crippen LogP contribution in [0.5, 0.6) is 5.75 Å². The molecule has 0 fully saturated rings. The number of carbonyl (C=O) groups excluding carboxylic acids is 1. The molecule has 26 heavy (non-hydrogen) atoms. The molecule has 0 aliphatic carbocycles. The third kappa shape index (κ3) is 4.47. The first-order chi connectivity index (χ1) is 12.5. The fourth-order valence-electron chi connectivity index (χ4n) is 2.36. The molecule has 0 unspecified atom stereocenters. The highest BCUT2D eigenvalue weighted by Gasteiger charge is 2.13. The highest BCUT2D eigenvalue weighted by atomic mass is 19.1. The van der Waals surface area contributed by atoms with E-state index in [0.717, 1.165) is 16.9 Å². The van der Waals surface area contributed by atoms with Gasteiger partial charge in [0.05, 0.1) is 6.10 Å². The summed E-state index contributed by atoms with van der Waals surface area (Å²) in [6.45, 7) is 4.20. The largest absolute Gasteiger partial charge is 0.491 e. The third-order valence-corrected chi connectivity index (χ3v) is 3.62. The number of amides is 1. The summed E-state index contributed by atoms with van der Waals surface area (Å²) in [7, 11) is 0. The van der Waals surface area contributed by atoms with Crippen LogP contribution in [0.4, 0.5) is 4.39 Å². The molecule has 134 valence electrons. The minimum absolute atomic E-state index is 0.0996. The Morgan fingerprint density at radius 1 is 1.15 bits per heavy atom. The van der Waals surface area contributed by atoms with E-state index >= 15 is 0 Å². The third-order valence-electron chi connectivity index (χ3n) is 3.62. The summed E-state index contributed by atoms with van der Waals surface area (Å²) in [5, 5.41) is 6.54. The van der Waals surface area contributed by atoms with Gasteiger partial charge in [-0.05, 0) is 55.8 Å². The number of aromatic nitrogens is 1. The normalized spacial score (nSPS) is 10.8. The summed E-state index contributed by atoms with van der Waals surface area (Å²) in [5.41, 5.74) is 1.78. The number of nitrogens with one attached hydrogen (secondary N) is 1. The quantitative estimate of drug-likeness (QED) is 0.721. The number of carbonyl (C=O) groups is 1. The number of nitrogens with zero attached hydrogens (tertiary/aromatic N) is 1. The molecule has 2 aromatic carbocycles. The van der Waals surface area contributed by atoms with Gasteiger partial charge in [0.1, 0.15) is 11.6 Å². The van der Waals surface area contributed by atoms with Crippen LogP contribution in [0, 0.1) is 5.82 Å². The van der Waals surface area contributed by atoms with E-state index in [9.17, 15) is 9.18 Å². The molecule has 0 saturated carbocycles. The van der Waals surface area contributed by atoms with Crippen molar-refractivity contribution in [3.8, 4) is 17.1 Å². The predicted molar refractivity (Wildman–Crippen MR) is 95.3 cm³/mol. The van der Waals surface area contributed by atoms with Gasteiger partial charge in [0, 0.05) is 18.2 Å². The first-order valence-electron chi connectivity index (χ1n) is 8.28. The second-order valence-corrected chi connectivity index (χ2v) is 6.08. The van der Waals surface area contributed by atoms with Gasteiger partial charge in [-0.2, -0.15) is 0 Å². The van der Waals surface area contributed by atoms with Crippen LogP contribution in [0.15, 0.2) is 59.1 Å². The van der Waals surface area contributed by atoms with Crippen molar-refractivity contribution in [1.82, 2.24) is 10.5 Å². The van der Waals surface area contributed by atoms with Crippen molar-refractivity contribution < 1.29 is 18.4 Å². The Labute approximate surface area is 150 Å².